The van der Waals surface area contributed by atoms with Crippen molar-refractivity contribution in [2.24, 2.45) is 0 Å². The van der Waals surface area contributed by atoms with E-state index in [1.54, 1.807) is 0 Å². The van der Waals surface area contributed by atoms with Crippen molar-refractivity contribution >= 4 is 0 Å². The molecule has 3 rings (SSSR count). The van der Waals surface area contributed by atoms with Crippen LogP contribution in [0.4, 0.5) is 0 Å². The maximum absolute atomic E-state index is 4.31. The third-order valence-corrected chi connectivity index (χ3v) is 3.46. The second kappa shape index (κ2) is 3.44. The molecule has 1 aliphatic carbocycles. The predicted molar refractivity (Wildman–Crippen MR) is 62.2 cm³/mol. The number of nitrogens with zero attached hydrogens (tertiary/aromatic N) is 3. The Hall–Kier alpha value is -1.64. The third-order valence-electron chi connectivity index (χ3n) is 3.46. The maximum Gasteiger partial charge on any atom is 0.143 e. The highest BCUT2D eigenvalue weighted by Gasteiger charge is 2.49. The topological polar surface area (TPSA) is 30.7 Å². The largest absolute Gasteiger partial charge is 0.317 e. The summed E-state index contributed by atoms with van der Waals surface area (Å²) in [6, 6.07) is 10.7. The maximum atomic E-state index is 4.31. The van der Waals surface area contributed by atoms with Crippen molar-refractivity contribution in [1.29, 1.82) is 0 Å². The van der Waals surface area contributed by atoms with E-state index in [1.807, 2.05) is 6.33 Å². The summed E-state index contributed by atoms with van der Waals surface area (Å²) in [7, 11) is 0. The molecule has 1 fully saturated rings. The quantitative estimate of drug-likeness (QED) is 0.783. The van der Waals surface area contributed by atoms with E-state index in [9.17, 15) is 0 Å². The number of rotatable bonds is 3. The van der Waals surface area contributed by atoms with Crippen LogP contribution in [-0.4, -0.2) is 14.8 Å². The zero-order valence-electron chi connectivity index (χ0n) is 9.43. The average Bonchev–Trinajstić information content (AvgIpc) is 3.02. The minimum atomic E-state index is 0.147. The van der Waals surface area contributed by atoms with E-state index in [0.717, 1.165) is 12.4 Å². The zero-order valence-corrected chi connectivity index (χ0v) is 9.43. The average molecular weight is 213 g/mol. The molecule has 0 amide bonds. The summed E-state index contributed by atoms with van der Waals surface area (Å²) in [4.78, 5) is 0. The van der Waals surface area contributed by atoms with Crippen LogP contribution in [0, 0.1) is 0 Å². The monoisotopic (exact) mass is 213 g/mol. The summed E-state index contributed by atoms with van der Waals surface area (Å²) in [6.45, 7) is 3.07. The summed E-state index contributed by atoms with van der Waals surface area (Å²) >= 11 is 0. The van der Waals surface area contributed by atoms with Crippen LogP contribution in [0.1, 0.15) is 31.2 Å². The fraction of sp³-hybridized carbons (Fsp3) is 0.385. The van der Waals surface area contributed by atoms with Gasteiger partial charge in [0, 0.05) is 6.54 Å². The van der Waals surface area contributed by atoms with Gasteiger partial charge < -0.3 is 4.57 Å². The highest BCUT2D eigenvalue weighted by molar-refractivity contribution is 5.39. The predicted octanol–water partition coefficient (Wildman–Crippen LogP) is 2.38. The van der Waals surface area contributed by atoms with E-state index in [4.69, 9.17) is 0 Å². The van der Waals surface area contributed by atoms with Gasteiger partial charge in [-0.3, -0.25) is 0 Å². The molecule has 3 heteroatoms. The van der Waals surface area contributed by atoms with E-state index in [0.29, 0.717) is 0 Å². The Balaban J connectivity index is 2.07. The molecule has 3 nitrogen and oxygen atoms in total. The molecular weight excluding hydrogens is 198 g/mol. The molecule has 0 aliphatic heterocycles. The van der Waals surface area contributed by atoms with E-state index < -0.39 is 0 Å². The summed E-state index contributed by atoms with van der Waals surface area (Å²) in [6.07, 6.45) is 4.21. The summed E-state index contributed by atoms with van der Waals surface area (Å²) in [5, 5.41) is 8.35. The molecule has 0 atom stereocenters. The number of aromatic nitrogens is 3. The van der Waals surface area contributed by atoms with Crippen molar-refractivity contribution in [1.82, 2.24) is 14.8 Å². The van der Waals surface area contributed by atoms with Crippen LogP contribution in [-0.2, 0) is 12.0 Å². The van der Waals surface area contributed by atoms with Crippen molar-refractivity contribution in [3.63, 3.8) is 0 Å². The van der Waals surface area contributed by atoms with Gasteiger partial charge in [0.1, 0.15) is 12.2 Å². The third kappa shape index (κ3) is 1.28. The van der Waals surface area contributed by atoms with Crippen LogP contribution in [0.3, 0.4) is 0 Å². The van der Waals surface area contributed by atoms with Crippen LogP contribution in [0.5, 0.6) is 0 Å². The van der Waals surface area contributed by atoms with Crippen LogP contribution < -0.4 is 0 Å². The van der Waals surface area contributed by atoms with E-state index >= 15 is 0 Å². The van der Waals surface area contributed by atoms with Crippen molar-refractivity contribution in [2.45, 2.75) is 31.7 Å². The number of hydrogen-bond acceptors (Lipinski definition) is 2. The summed E-state index contributed by atoms with van der Waals surface area (Å²) in [5.74, 6) is 1.13. The summed E-state index contributed by atoms with van der Waals surface area (Å²) in [5.41, 5.74) is 1.52. The molecule has 16 heavy (non-hydrogen) atoms. The van der Waals surface area contributed by atoms with Crippen molar-refractivity contribution < 1.29 is 0 Å². The lowest BCUT2D eigenvalue weighted by Crippen LogP contribution is -2.15. The fourth-order valence-corrected chi connectivity index (χ4v) is 2.38. The fourth-order valence-electron chi connectivity index (χ4n) is 2.38. The first-order chi connectivity index (χ1) is 7.87. The smallest absolute Gasteiger partial charge is 0.143 e. The van der Waals surface area contributed by atoms with Gasteiger partial charge in [0.25, 0.3) is 0 Å². The van der Waals surface area contributed by atoms with E-state index in [1.165, 1.54) is 18.4 Å². The molecule has 0 saturated heterocycles. The normalized spacial score (nSPS) is 17.3. The molecule has 0 bridgehead atoms. The van der Waals surface area contributed by atoms with Crippen LogP contribution in [0.25, 0.3) is 0 Å². The standard InChI is InChI=1S/C13H15N3/c1-2-16-10-14-15-12(16)13(8-9-13)11-6-4-3-5-7-11/h3-7,10H,2,8-9H2,1H3. The lowest BCUT2D eigenvalue weighted by Gasteiger charge is -2.15. The van der Waals surface area contributed by atoms with Crippen molar-refractivity contribution in [3.8, 4) is 0 Å². The number of aryl methyl sites for hydroxylation is 1. The Labute approximate surface area is 95.1 Å². The first-order valence-electron chi connectivity index (χ1n) is 5.80. The first kappa shape index (κ1) is 9.58. The van der Waals surface area contributed by atoms with Crippen molar-refractivity contribution in [2.75, 3.05) is 0 Å². The molecule has 2 aromatic rings. The molecule has 0 N–H and O–H groups in total. The number of benzene rings is 1. The van der Waals surface area contributed by atoms with Gasteiger partial charge in [-0.25, -0.2) is 0 Å². The van der Waals surface area contributed by atoms with Crippen LogP contribution in [0.15, 0.2) is 36.7 Å². The molecule has 1 heterocycles. The minimum Gasteiger partial charge on any atom is -0.317 e. The Bertz CT molecular complexity index is 483. The highest BCUT2D eigenvalue weighted by atomic mass is 15.3. The van der Waals surface area contributed by atoms with Crippen LogP contribution in [0.2, 0.25) is 0 Å². The van der Waals surface area contributed by atoms with Gasteiger partial charge >= 0.3 is 0 Å². The molecule has 82 valence electrons. The minimum absolute atomic E-state index is 0.147. The molecule has 0 radical (unpaired) electrons. The van der Waals surface area contributed by atoms with Gasteiger partial charge in [-0.15, -0.1) is 10.2 Å². The highest BCUT2D eigenvalue weighted by Crippen LogP contribution is 2.52. The second-order valence-electron chi connectivity index (χ2n) is 4.39. The van der Waals surface area contributed by atoms with Gasteiger partial charge in [-0.05, 0) is 25.3 Å². The Morgan fingerprint density at radius 1 is 1.25 bits per heavy atom. The zero-order chi connectivity index (χ0) is 11.0. The van der Waals surface area contributed by atoms with Gasteiger partial charge in [0.2, 0.25) is 0 Å². The SMILES string of the molecule is CCn1cnnc1C1(c2ccccc2)CC1. The Kier molecular flexibility index (Phi) is 2.06. The molecule has 1 saturated carbocycles. The van der Waals surface area contributed by atoms with Gasteiger partial charge in [0.05, 0.1) is 5.41 Å². The lowest BCUT2D eigenvalue weighted by atomic mass is 9.95. The molecule has 0 unspecified atom stereocenters. The summed E-state index contributed by atoms with van der Waals surface area (Å²) < 4.78 is 2.15. The van der Waals surface area contributed by atoms with Crippen molar-refractivity contribution in [3.05, 3.63) is 48.0 Å². The van der Waals surface area contributed by atoms with Gasteiger partial charge in [-0.2, -0.15) is 0 Å². The van der Waals surface area contributed by atoms with Crippen LogP contribution >= 0.6 is 0 Å². The molecule has 1 aliphatic rings. The first-order valence-corrected chi connectivity index (χ1v) is 5.80. The second-order valence-corrected chi connectivity index (χ2v) is 4.39. The van der Waals surface area contributed by atoms with Gasteiger partial charge in [-0.1, -0.05) is 30.3 Å². The lowest BCUT2D eigenvalue weighted by molar-refractivity contribution is 0.640. The Morgan fingerprint density at radius 2 is 2.00 bits per heavy atom. The van der Waals surface area contributed by atoms with E-state index in [2.05, 4.69) is 52.0 Å². The molecule has 1 aromatic carbocycles. The van der Waals surface area contributed by atoms with E-state index in [-0.39, 0.29) is 5.41 Å². The van der Waals surface area contributed by atoms with Gasteiger partial charge in [0.15, 0.2) is 0 Å². The molecular formula is C13H15N3. The molecule has 0 spiro atoms. The molecule has 1 aromatic heterocycles. The Morgan fingerprint density at radius 3 is 2.62 bits per heavy atom. The number of hydrogen-bond donors (Lipinski definition) is 0.